The van der Waals surface area contributed by atoms with Crippen molar-refractivity contribution in [3.8, 4) is 0 Å². The van der Waals surface area contributed by atoms with Crippen LogP contribution in [-0.4, -0.2) is 50.7 Å². The molecule has 0 fully saturated rings. The molecule has 0 aliphatic rings. The highest BCUT2D eigenvalue weighted by atomic mass is 16.6. The number of aliphatic carboxylic acids is 2. The van der Waals surface area contributed by atoms with Crippen LogP contribution in [0.2, 0.25) is 0 Å². The normalized spacial score (nSPS) is 15.7. The summed E-state index contributed by atoms with van der Waals surface area (Å²) in [5, 5.41) is 26.4. The van der Waals surface area contributed by atoms with Gasteiger partial charge in [-0.2, -0.15) is 0 Å². The minimum Gasteiger partial charge on any atom is -0.479 e. The lowest BCUT2D eigenvalue weighted by Crippen LogP contribution is -2.60. The highest BCUT2D eigenvalue weighted by Crippen LogP contribution is 2.19. The fourth-order valence-electron chi connectivity index (χ4n) is 1.03. The lowest BCUT2D eigenvalue weighted by Gasteiger charge is -2.28. The molecule has 0 rings (SSSR count). The summed E-state index contributed by atoms with van der Waals surface area (Å²) >= 11 is 0. The Morgan fingerprint density at radius 1 is 1.12 bits per heavy atom. The van der Waals surface area contributed by atoms with Gasteiger partial charge in [-0.25, -0.2) is 9.59 Å². The number of hydrogen-bond donors (Lipinski definition) is 3. The Bertz CT molecular complexity index is 330. The standard InChI is InChI=1S/C8H10O8/c1-3(9)8(7(14)15,16-4(2)10)5(11)6(12)13/h5,11H,1-2H3,(H,12,13)(H,14,15)/t5?,8-/m1/s1. The van der Waals surface area contributed by atoms with Gasteiger partial charge in [0.1, 0.15) is 0 Å². The fraction of sp³-hybridized carbons (Fsp3) is 0.500. The van der Waals surface area contributed by atoms with Gasteiger partial charge in [-0.15, -0.1) is 0 Å². The second-order valence-electron chi connectivity index (χ2n) is 2.93. The number of hydrogen-bond acceptors (Lipinski definition) is 6. The zero-order chi connectivity index (χ0) is 13.1. The van der Waals surface area contributed by atoms with E-state index in [-0.39, 0.29) is 0 Å². The third kappa shape index (κ3) is 2.34. The molecule has 0 aliphatic heterocycles. The number of aliphatic hydroxyl groups is 1. The van der Waals surface area contributed by atoms with Crippen LogP contribution in [0, 0.1) is 0 Å². The summed E-state index contributed by atoms with van der Waals surface area (Å²) in [6.45, 7) is 1.48. The average Bonchev–Trinajstić information content (AvgIpc) is 2.11. The Morgan fingerprint density at radius 2 is 1.56 bits per heavy atom. The van der Waals surface area contributed by atoms with E-state index in [1.807, 2.05) is 0 Å². The van der Waals surface area contributed by atoms with E-state index >= 15 is 0 Å². The number of aliphatic hydroxyl groups excluding tert-OH is 1. The lowest BCUT2D eigenvalue weighted by atomic mass is 9.92. The minimum atomic E-state index is -3.11. The van der Waals surface area contributed by atoms with Crippen LogP contribution in [0.25, 0.3) is 0 Å². The third-order valence-corrected chi connectivity index (χ3v) is 1.76. The highest BCUT2D eigenvalue weighted by molar-refractivity contribution is 6.10. The molecule has 8 heteroatoms. The van der Waals surface area contributed by atoms with Gasteiger partial charge in [0.05, 0.1) is 0 Å². The maximum atomic E-state index is 11.1. The minimum absolute atomic E-state index is 0.698. The van der Waals surface area contributed by atoms with Crippen LogP contribution >= 0.6 is 0 Å². The number of carboxylic acids is 2. The molecule has 90 valence electrons. The Labute approximate surface area is 89.4 Å². The van der Waals surface area contributed by atoms with Crippen molar-refractivity contribution in [2.24, 2.45) is 0 Å². The molecule has 0 aromatic rings. The topological polar surface area (TPSA) is 138 Å². The van der Waals surface area contributed by atoms with Crippen molar-refractivity contribution in [1.29, 1.82) is 0 Å². The van der Waals surface area contributed by atoms with Crippen molar-refractivity contribution in [3.05, 3.63) is 0 Å². The lowest BCUT2D eigenvalue weighted by molar-refractivity contribution is -0.198. The number of carbonyl (C=O) groups excluding carboxylic acids is 2. The van der Waals surface area contributed by atoms with Gasteiger partial charge in [-0.1, -0.05) is 0 Å². The Balaban J connectivity index is 5.61. The van der Waals surface area contributed by atoms with Crippen molar-refractivity contribution < 1.29 is 39.2 Å². The van der Waals surface area contributed by atoms with Crippen LogP contribution in [0.15, 0.2) is 0 Å². The number of esters is 1. The van der Waals surface area contributed by atoms with E-state index in [0.29, 0.717) is 6.92 Å². The number of Topliss-reactive ketones (excluding diaryl/α,β-unsaturated/α-hetero) is 1. The average molecular weight is 234 g/mol. The van der Waals surface area contributed by atoms with Crippen molar-refractivity contribution in [2.45, 2.75) is 25.6 Å². The number of ether oxygens (including phenoxy) is 1. The molecule has 0 aliphatic carbocycles. The number of carboxylic acid groups (broad SMARTS) is 2. The molecule has 16 heavy (non-hydrogen) atoms. The Morgan fingerprint density at radius 3 is 1.75 bits per heavy atom. The molecule has 8 nitrogen and oxygen atoms in total. The van der Waals surface area contributed by atoms with Gasteiger partial charge in [-0.05, 0) is 6.92 Å². The van der Waals surface area contributed by atoms with Crippen LogP contribution in [0.4, 0.5) is 0 Å². The number of ketones is 1. The van der Waals surface area contributed by atoms with E-state index < -0.39 is 35.4 Å². The quantitative estimate of drug-likeness (QED) is 0.382. The molecule has 0 heterocycles. The predicted molar refractivity (Wildman–Crippen MR) is 46.5 cm³/mol. The molecular weight excluding hydrogens is 224 g/mol. The van der Waals surface area contributed by atoms with Gasteiger partial charge in [0.15, 0.2) is 5.78 Å². The highest BCUT2D eigenvalue weighted by Gasteiger charge is 2.57. The monoisotopic (exact) mass is 234 g/mol. The smallest absolute Gasteiger partial charge is 0.359 e. The summed E-state index contributed by atoms with van der Waals surface area (Å²) in [4.78, 5) is 43.1. The van der Waals surface area contributed by atoms with E-state index in [2.05, 4.69) is 4.74 Å². The van der Waals surface area contributed by atoms with Gasteiger partial charge >= 0.3 is 23.5 Å². The zero-order valence-electron chi connectivity index (χ0n) is 8.46. The largest absolute Gasteiger partial charge is 0.479 e. The SMILES string of the molecule is CC(=O)O[C@@](C(C)=O)(C(=O)O)C(O)C(=O)O. The van der Waals surface area contributed by atoms with E-state index in [4.69, 9.17) is 15.3 Å². The molecule has 3 N–H and O–H groups in total. The number of rotatable bonds is 5. The van der Waals surface area contributed by atoms with Gasteiger partial charge in [0.2, 0.25) is 6.10 Å². The molecule has 0 saturated carbocycles. The fourth-order valence-corrected chi connectivity index (χ4v) is 1.03. The molecule has 1 unspecified atom stereocenters. The second kappa shape index (κ2) is 4.71. The van der Waals surface area contributed by atoms with Crippen molar-refractivity contribution in [1.82, 2.24) is 0 Å². The molecule has 0 amide bonds. The molecule has 0 bridgehead atoms. The van der Waals surface area contributed by atoms with E-state index in [9.17, 15) is 19.2 Å². The first kappa shape index (κ1) is 14.0. The van der Waals surface area contributed by atoms with Crippen LogP contribution in [0.1, 0.15) is 13.8 Å². The number of carbonyl (C=O) groups is 4. The van der Waals surface area contributed by atoms with Gasteiger partial charge in [-0.3, -0.25) is 9.59 Å². The first-order valence-corrected chi connectivity index (χ1v) is 4.01. The third-order valence-electron chi connectivity index (χ3n) is 1.76. The Hall–Kier alpha value is -1.96. The van der Waals surface area contributed by atoms with Gasteiger partial charge < -0.3 is 20.1 Å². The molecule has 0 saturated heterocycles. The summed E-state index contributed by atoms with van der Waals surface area (Å²) < 4.78 is 4.17. The first-order valence-electron chi connectivity index (χ1n) is 4.01. The van der Waals surface area contributed by atoms with Crippen LogP contribution in [0.5, 0.6) is 0 Å². The summed E-state index contributed by atoms with van der Waals surface area (Å²) in [6, 6.07) is 0. The second-order valence-corrected chi connectivity index (χ2v) is 2.93. The van der Waals surface area contributed by atoms with Crippen molar-refractivity contribution >= 4 is 23.7 Å². The van der Waals surface area contributed by atoms with Crippen molar-refractivity contribution in [2.75, 3.05) is 0 Å². The summed E-state index contributed by atoms with van der Waals surface area (Å²) in [7, 11) is 0. The van der Waals surface area contributed by atoms with Crippen LogP contribution in [0.3, 0.4) is 0 Å². The molecule has 0 radical (unpaired) electrons. The Kier molecular flexibility index (Phi) is 4.13. The van der Waals surface area contributed by atoms with Gasteiger partial charge in [0.25, 0.3) is 0 Å². The first-order chi connectivity index (χ1) is 7.16. The zero-order valence-corrected chi connectivity index (χ0v) is 8.46. The van der Waals surface area contributed by atoms with Crippen LogP contribution in [-0.2, 0) is 23.9 Å². The van der Waals surface area contributed by atoms with E-state index in [1.54, 1.807) is 0 Å². The molecular formula is C8H10O8. The predicted octanol–water partition coefficient (Wildman–Crippen LogP) is -1.59. The van der Waals surface area contributed by atoms with Crippen LogP contribution < -0.4 is 0 Å². The summed E-state index contributed by atoms with van der Waals surface area (Å²) in [5.74, 6) is -6.54. The maximum Gasteiger partial charge on any atom is 0.359 e. The molecule has 0 spiro atoms. The summed E-state index contributed by atoms with van der Waals surface area (Å²) in [6.07, 6.45) is -2.67. The molecule has 0 aromatic carbocycles. The van der Waals surface area contributed by atoms with Gasteiger partial charge in [0, 0.05) is 6.92 Å². The van der Waals surface area contributed by atoms with E-state index in [0.717, 1.165) is 6.92 Å². The molecule has 0 aromatic heterocycles. The maximum absolute atomic E-state index is 11.1. The van der Waals surface area contributed by atoms with E-state index in [1.165, 1.54) is 0 Å². The van der Waals surface area contributed by atoms with Crippen molar-refractivity contribution in [3.63, 3.8) is 0 Å². The summed E-state index contributed by atoms with van der Waals surface area (Å²) in [5.41, 5.74) is -3.11. The molecule has 2 atom stereocenters.